The molecule has 0 aromatic carbocycles. The van der Waals surface area contributed by atoms with Gasteiger partial charge in [-0.3, -0.25) is 4.79 Å². The molecule has 2 aromatic heterocycles. The molecule has 1 amide bonds. The first-order valence-electron chi connectivity index (χ1n) is 4.88. The largest absolute Gasteiger partial charge is 0.477 e. The maximum Gasteiger partial charge on any atom is 0.471 e. The summed E-state index contributed by atoms with van der Waals surface area (Å²) in [4.78, 5) is 21.7. The molecule has 0 aliphatic carbocycles. The highest BCUT2D eigenvalue weighted by Gasteiger charge is 2.38. The van der Waals surface area contributed by atoms with Crippen molar-refractivity contribution in [2.24, 2.45) is 0 Å². The van der Waals surface area contributed by atoms with Gasteiger partial charge in [0, 0.05) is 16.8 Å². The number of nitrogens with one attached hydrogen (secondary N) is 1. The molecule has 2 rings (SSSR count). The fourth-order valence-corrected chi connectivity index (χ4v) is 3.69. The number of carboxylic acid groups (broad SMARTS) is 1. The highest BCUT2D eigenvalue weighted by atomic mass is 32.1. The van der Waals surface area contributed by atoms with Crippen molar-refractivity contribution >= 4 is 43.9 Å². The molecule has 2 aromatic rings. The lowest BCUT2D eigenvalue weighted by atomic mass is 10.2. The van der Waals surface area contributed by atoms with E-state index >= 15 is 0 Å². The zero-order valence-corrected chi connectivity index (χ0v) is 10.7. The Morgan fingerprint density at radius 2 is 2.05 bits per heavy atom. The van der Waals surface area contributed by atoms with Gasteiger partial charge in [0.15, 0.2) is 0 Å². The predicted molar refractivity (Wildman–Crippen MR) is 64.6 cm³/mol. The lowest BCUT2D eigenvalue weighted by Crippen LogP contribution is -2.36. The molecular formula is C10H6F3NO3S2. The van der Waals surface area contributed by atoms with E-state index < -0.39 is 24.6 Å². The van der Waals surface area contributed by atoms with Crippen LogP contribution in [0.25, 0.3) is 9.40 Å². The Hall–Kier alpha value is -1.61. The van der Waals surface area contributed by atoms with Crippen LogP contribution in [0.2, 0.25) is 0 Å². The number of thiophene rings is 2. The Morgan fingerprint density at radius 3 is 2.63 bits per heavy atom. The summed E-state index contributed by atoms with van der Waals surface area (Å²) >= 11 is 2.20. The quantitative estimate of drug-likeness (QED) is 0.916. The van der Waals surface area contributed by atoms with E-state index in [9.17, 15) is 22.8 Å². The summed E-state index contributed by atoms with van der Waals surface area (Å²) in [5.41, 5.74) is 0.208. The van der Waals surface area contributed by atoms with Crippen molar-refractivity contribution in [3.8, 4) is 0 Å². The molecule has 0 saturated carbocycles. The molecule has 0 aliphatic rings. The van der Waals surface area contributed by atoms with Crippen LogP contribution in [0, 0.1) is 0 Å². The van der Waals surface area contributed by atoms with Crippen molar-refractivity contribution in [1.82, 2.24) is 5.32 Å². The number of fused-ring (bicyclic) bond motifs is 1. The van der Waals surface area contributed by atoms with Crippen molar-refractivity contribution in [2.45, 2.75) is 12.7 Å². The van der Waals surface area contributed by atoms with E-state index in [0.717, 1.165) is 11.3 Å². The van der Waals surface area contributed by atoms with Crippen molar-refractivity contribution in [3.63, 3.8) is 0 Å². The van der Waals surface area contributed by atoms with E-state index in [1.807, 2.05) is 0 Å². The standard InChI is InChI=1S/C10H6F3NO3S2/c11-10(12,13)9(17)14-3-4-6-5(1-2-18-6)19-7(4)8(15)16/h1-2H,3H2,(H,14,17)(H,15,16). The minimum atomic E-state index is -4.98. The van der Waals surface area contributed by atoms with Gasteiger partial charge in [-0.25, -0.2) is 4.79 Å². The summed E-state index contributed by atoms with van der Waals surface area (Å²) in [5.74, 6) is -3.30. The molecule has 2 N–H and O–H groups in total. The first kappa shape index (κ1) is 13.8. The van der Waals surface area contributed by atoms with Crippen LogP contribution in [0.4, 0.5) is 13.2 Å². The smallest absolute Gasteiger partial charge is 0.471 e. The molecule has 0 bridgehead atoms. The van der Waals surface area contributed by atoms with E-state index in [1.165, 1.54) is 11.3 Å². The van der Waals surface area contributed by atoms with Gasteiger partial charge in [0.2, 0.25) is 0 Å². The molecule has 19 heavy (non-hydrogen) atoms. The third kappa shape index (κ3) is 2.71. The van der Waals surface area contributed by atoms with Gasteiger partial charge in [-0.1, -0.05) is 0 Å². The second-order valence-electron chi connectivity index (χ2n) is 3.51. The van der Waals surface area contributed by atoms with Crippen LogP contribution in [0.15, 0.2) is 11.4 Å². The van der Waals surface area contributed by atoms with Gasteiger partial charge in [-0.05, 0) is 11.4 Å². The van der Waals surface area contributed by atoms with Crippen LogP contribution in [0.5, 0.6) is 0 Å². The number of aromatic carboxylic acids is 1. The van der Waals surface area contributed by atoms with Crippen LogP contribution >= 0.6 is 22.7 Å². The zero-order chi connectivity index (χ0) is 14.2. The highest BCUT2D eigenvalue weighted by Crippen LogP contribution is 2.35. The van der Waals surface area contributed by atoms with Gasteiger partial charge in [0.25, 0.3) is 0 Å². The summed E-state index contributed by atoms with van der Waals surface area (Å²) in [5, 5.41) is 12.4. The molecule has 0 saturated heterocycles. The van der Waals surface area contributed by atoms with Crippen LogP contribution in [-0.4, -0.2) is 23.2 Å². The average Bonchev–Trinajstić information content (AvgIpc) is 2.84. The number of carboxylic acids is 1. The third-order valence-corrected chi connectivity index (χ3v) is 4.56. The summed E-state index contributed by atoms with van der Waals surface area (Å²) in [6, 6.07) is 1.69. The number of halogens is 3. The molecule has 0 radical (unpaired) electrons. The molecule has 0 spiro atoms. The maximum absolute atomic E-state index is 12.1. The topological polar surface area (TPSA) is 66.4 Å². The van der Waals surface area contributed by atoms with Crippen LogP contribution in [0.1, 0.15) is 15.2 Å². The Bertz CT molecular complexity index is 644. The van der Waals surface area contributed by atoms with Gasteiger partial charge in [0.1, 0.15) is 4.88 Å². The second-order valence-corrected chi connectivity index (χ2v) is 5.48. The SMILES string of the molecule is O=C(O)c1sc2ccsc2c1CNC(=O)C(F)(F)F. The van der Waals surface area contributed by atoms with Crippen molar-refractivity contribution < 1.29 is 27.9 Å². The van der Waals surface area contributed by atoms with E-state index in [1.54, 1.807) is 16.8 Å². The molecule has 0 aliphatic heterocycles. The second kappa shape index (κ2) is 4.82. The monoisotopic (exact) mass is 309 g/mol. The Morgan fingerprint density at radius 1 is 1.37 bits per heavy atom. The number of hydrogen-bond donors (Lipinski definition) is 2. The van der Waals surface area contributed by atoms with Crippen molar-refractivity contribution in [3.05, 3.63) is 21.9 Å². The van der Waals surface area contributed by atoms with E-state index in [2.05, 4.69) is 0 Å². The van der Waals surface area contributed by atoms with Crippen molar-refractivity contribution in [1.29, 1.82) is 0 Å². The molecule has 0 unspecified atom stereocenters. The van der Waals surface area contributed by atoms with Crippen LogP contribution < -0.4 is 5.32 Å². The van der Waals surface area contributed by atoms with E-state index in [0.29, 0.717) is 9.40 Å². The fraction of sp³-hybridized carbons (Fsp3) is 0.200. The number of alkyl halides is 3. The van der Waals surface area contributed by atoms with Gasteiger partial charge in [0.05, 0.1) is 4.70 Å². The zero-order valence-electron chi connectivity index (χ0n) is 9.08. The minimum absolute atomic E-state index is 0.0516. The molecule has 4 nitrogen and oxygen atoms in total. The number of carbonyl (C=O) groups is 2. The average molecular weight is 309 g/mol. The maximum atomic E-state index is 12.1. The van der Waals surface area contributed by atoms with Crippen molar-refractivity contribution in [2.75, 3.05) is 0 Å². The van der Waals surface area contributed by atoms with Gasteiger partial charge in [-0.15, -0.1) is 22.7 Å². The summed E-state index contributed by atoms with van der Waals surface area (Å²) in [6.07, 6.45) is -4.98. The Kier molecular flexibility index (Phi) is 3.50. The first-order valence-corrected chi connectivity index (χ1v) is 6.57. The fourth-order valence-electron chi connectivity index (χ4n) is 1.47. The molecule has 0 fully saturated rings. The lowest BCUT2D eigenvalue weighted by molar-refractivity contribution is -0.173. The van der Waals surface area contributed by atoms with E-state index in [-0.39, 0.29) is 10.4 Å². The lowest BCUT2D eigenvalue weighted by Gasteiger charge is -2.07. The normalized spacial score (nSPS) is 11.7. The van der Waals surface area contributed by atoms with Gasteiger partial charge in [-0.2, -0.15) is 13.2 Å². The van der Waals surface area contributed by atoms with Crippen LogP contribution in [0.3, 0.4) is 0 Å². The molecule has 9 heteroatoms. The molecule has 0 atom stereocenters. The number of carbonyl (C=O) groups excluding carboxylic acids is 1. The van der Waals surface area contributed by atoms with Crippen LogP contribution in [-0.2, 0) is 11.3 Å². The number of amides is 1. The van der Waals surface area contributed by atoms with Gasteiger partial charge >= 0.3 is 18.1 Å². The van der Waals surface area contributed by atoms with Gasteiger partial charge < -0.3 is 10.4 Å². The highest BCUT2D eigenvalue weighted by molar-refractivity contribution is 7.28. The number of hydrogen-bond acceptors (Lipinski definition) is 4. The minimum Gasteiger partial charge on any atom is -0.477 e. The molecule has 2 heterocycles. The number of rotatable bonds is 3. The van der Waals surface area contributed by atoms with E-state index in [4.69, 9.17) is 5.11 Å². The third-order valence-electron chi connectivity index (χ3n) is 2.27. The summed E-state index contributed by atoms with van der Waals surface area (Å²) in [6.45, 7) is -0.458. The molecular weight excluding hydrogens is 303 g/mol. The first-order chi connectivity index (χ1) is 8.80. The predicted octanol–water partition coefficient (Wildman–Crippen LogP) is 2.84. The summed E-state index contributed by atoms with van der Waals surface area (Å²) < 4.78 is 37.5. The summed E-state index contributed by atoms with van der Waals surface area (Å²) in [7, 11) is 0. The Balaban J connectivity index is 2.28. The Labute approximate surface area is 112 Å². The molecule has 102 valence electrons.